The molecule has 0 saturated carbocycles. The number of benzene rings is 2. The lowest BCUT2D eigenvalue weighted by atomic mass is 9.86. The molecule has 0 radical (unpaired) electrons. The zero-order chi connectivity index (χ0) is 18.4. The van der Waals surface area contributed by atoms with Crippen LogP contribution >= 0.6 is 15.9 Å². The quantitative estimate of drug-likeness (QED) is 0.765. The van der Waals surface area contributed by atoms with E-state index in [1.54, 1.807) is 24.3 Å². The summed E-state index contributed by atoms with van der Waals surface area (Å²) in [6.07, 6.45) is 0. The van der Waals surface area contributed by atoms with Gasteiger partial charge in [0.15, 0.2) is 6.61 Å². The predicted octanol–water partition coefficient (Wildman–Crippen LogP) is 3.59. The zero-order valence-corrected chi connectivity index (χ0v) is 16.0. The normalized spacial score (nSPS) is 10.9. The van der Waals surface area contributed by atoms with Crippen molar-refractivity contribution in [2.45, 2.75) is 26.2 Å². The third-order valence-electron chi connectivity index (χ3n) is 3.47. The first-order chi connectivity index (χ1) is 11.8. The third-order valence-corrected chi connectivity index (χ3v) is 4.12. The van der Waals surface area contributed by atoms with E-state index in [0.717, 1.165) is 10.0 Å². The predicted molar refractivity (Wildman–Crippen MR) is 100 cm³/mol. The third kappa shape index (κ3) is 5.60. The average Bonchev–Trinajstić information content (AvgIpc) is 2.57. The number of hydrogen-bond donors (Lipinski definition) is 2. The van der Waals surface area contributed by atoms with Crippen LogP contribution < -0.4 is 15.6 Å². The molecule has 5 nitrogen and oxygen atoms in total. The fourth-order valence-corrected chi connectivity index (χ4v) is 3.14. The maximum atomic E-state index is 12.1. The minimum atomic E-state index is -0.442. The molecular weight excluding hydrogens is 384 g/mol. The number of hydrogen-bond acceptors (Lipinski definition) is 3. The summed E-state index contributed by atoms with van der Waals surface area (Å²) in [5, 5.41) is 0. The fraction of sp³-hybridized carbons (Fsp3) is 0.263. The molecule has 132 valence electrons. The van der Waals surface area contributed by atoms with E-state index in [0.29, 0.717) is 11.3 Å². The van der Waals surface area contributed by atoms with Gasteiger partial charge in [0.2, 0.25) is 0 Å². The topological polar surface area (TPSA) is 67.4 Å². The molecule has 6 heteroatoms. The van der Waals surface area contributed by atoms with Crippen molar-refractivity contribution < 1.29 is 14.3 Å². The first-order valence-corrected chi connectivity index (χ1v) is 8.64. The van der Waals surface area contributed by atoms with E-state index >= 15 is 0 Å². The number of ether oxygens (including phenoxy) is 1. The van der Waals surface area contributed by atoms with Crippen LogP contribution in [0.4, 0.5) is 0 Å². The van der Waals surface area contributed by atoms with E-state index in [-0.39, 0.29) is 12.0 Å². The molecule has 2 aromatic rings. The minimum absolute atomic E-state index is 0.0309. The van der Waals surface area contributed by atoms with Crippen LogP contribution in [0.15, 0.2) is 53.0 Å². The molecule has 0 aromatic heterocycles. The van der Waals surface area contributed by atoms with E-state index in [9.17, 15) is 9.59 Å². The summed E-state index contributed by atoms with van der Waals surface area (Å²) in [5.74, 6) is -0.248. The van der Waals surface area contributed by atoms with Gasteiger partial charge in [-0.25, -0.2) is 0 Å². The van der Waals surface area contributed by atoms with Gasteiger partial charge in [0, 0.05) is 10.0 Å². The SMILES string of the molecule is CC(C)(C)c1ccc(C(=O)NNC(=O)COc2ccccc2)cc1Br. The second-order valence-electron chi connectivity index (χ2n) is 6.55. The molecule has 0 unspecified atom stereocenters. The summed E-state index contributed by atoms with van der Waals surface area (Å²) >= 11 is 3.49. The van der Waals surface area contributed by atoms with Gasteiger partial charge in [-0.15, -0.1) is 0 Å². The molecule has 0 heterocycles. The largest absolute Gasteiger partial charge is 0.484 e. The van der Waals surface area contributed by atoms with Gasteiger partial charge in [0.25, 0.3) is 11.8 Å². The minimum Gasteiger partial charge on any atom is -0.484 e. The van der Waals surface area contributed by atoms with Crippen molar-refractivity contribution in [2.24, 2.45) is 0 Å². The highest BCUT2D eigenvalue weighted by Gasteiger charge is 2.18. The first-order valence-electron chi connectivity index (χ1n) is 7.84. The molecule has 0 fully saturated rings. The highest BCUT2D eigenvalue weighted by atomic mass is 79.9. The molecule has 25 heavy (non-hydrogen) atoms. The van der Waals surface area contributed by atoms with Crippen molar-refractivity contribution in [1.29, 1.82) is 0 Å². The number of nitrogens with one attached hydrogen (secondary N) is 2. The number of carbonyl (C=O) groups is 2. The summed E-state index contributed by atoms with van der Waals surface area (Å²) in [6, 6.07) is 14.4. The number of para-hydroxylation sites is 1. The Balaban J connectivity index is 1.87. The standard InChI is InChI=1S/C19H21BrN2O3/c1-19(2,3)15-10-9-13(11-16(15)20)18(24)22-21-17(23)12-25-14-7-5-4-6-8-14/h4-11H,12H2,1-3H3,(H,21,23)(H,22,24). The van der Waals surface area contributed by atoms with Gasteiger partial charge < -0.3 is 4.74 Å². The van der Waals surface area contributed by atoms with Gasteiger partial charge >= 0.3 is 0 Å². The highest BCUT2D eigenvalue weighted by Crippen LogP contribution is 2.30. The van der Waals surface area contributed by atoms with Crippen LogP contribution in [0, 0.1) is 0 Å². The van der Waals surface area contributed by atoms with Crippen LogP contribution in [0.3, 0.4) is 0 Å². The average molecular weight is 405 g/mol. The van der Waals surface area contributed by atoms with E-state index < -0.39 is 11.8 Å². The van der Waals surface area contributed by atoms with Gasteiger partial charge in [-0.05, 0) is 35.2 Å². The molecule has 0 atom stereocenters. The molecule has 0 bridgehead atoms. The summed E-state index contributed by atoms with van der Waals surface area (Å²) in [4.78, 5) is 23.9. The first kappa shape index (κ1) is 19.0. The Morgan fingerprint density at radius 2 is 1.72 bits per heavy atom. The van der Waals surface area contributed by atoms with Crippen LogP contribution in [-0.2, 0) is 10.2 Å². The molecule has 2 amide bonds. The summed E-state index contributed by atoms with van der Waals surface area (Å²) < 4.78 is 6.16. The van der Waals surface area contributed by atoms with E-state index in [2.05, 4.69) is 47.6 Å². The Morgan fingerprint density at radius 1 is 1.04 bits per heavy atom. The molecule has 0 spiro atoms. The lowest BCUT2D eigenvalue weighted by Crippen LogP contribution is -2.43. The van der Waals surface area contributed by atoms with E-state index in [1.165, 1.54) is 0 Å². The van der Waals surface area contributed by atoms with Gasteiger partial charge in [-0.3, -0.25) is 20.4 Å². The van der Waals surface area contributed by atoms with Crippen LogP contribution in [0.5, 0.6) is 5.75 Å². The maximum Gasteiger partial charge on any atom is 0.276 e. The molecular formula is C19H21BrN2O3. The van der Waals surface area contributed by atoms with Crippen molar-refractivity contribution in [3.63, 3.8) is 0 Å². The van der Waals surface area contributed by atoms with Crippen molar-refractivity contribution in [2.75, 3.05) is 6.61 Å². The van der Waals surface area contributed by atoms with Crippen LogP contribution in [0.2, 0.25) is 0 Å². The number of halogens is 1. The van der Waals surface area contributed by atoms with Crippen molar-refractivity contribution >= 4 is 27.7 Å². The van der Waals surface area contributed by atoms with E-state index in [1.807, 2.05) is 24.3 Å². The van der Waals surface area contributed by atoms with Crippen molar-refractivity contribution in [3.8, 4) is 5.75 Å². The Bertz CT molecular complexity index is 755. The van der Waals surface area contributed by atoms with Crippen LogP contribution in [0.1, 0.15) is 36.7 Å². The lowest BCUT2D eigenvalue weighted by Gasteiger charge is -2.21. The maximum absolute atomic E-state index is 12.1. The molecule has 2 N–H and O–H groups in total. The van der Waals surface area contributed by atoms with Gasteiger partial charge in [0.05, 0.1) is 0 Å². The number of amides is 2. The molecule has 0 aliphatic heterocycles. The molecule has 2 aromatic carbocycles. The Labute approximate surface area is 155 Å². The number of carbonyl (C=O) groups excluding carboxylic acids is 2. The molecule has 0 aliphatic carbocycles. The number of rotatable bonds is 4. The summed E-state index contributed by atoms with van der Waals surface area (Å²) in [6.45, 7) is 6.11. The van der Waals surface area contributed by atoms with Crippen molar-refractivity contribution in [1.82, 2.24) is 10.9 Å². The monoisotopic (exact) mass is 404 g/mol. The smallest absolute Gasteiger partial charge is 0.276 e. The van der Waals surface area contributed by atoms with Crippen LogP contribution in [-0.4, -0.2) is 18.4 Å². The Hall–Kier alpha value is -2.34. The van der Waals surface area contributed by atoms with Gasteiger partial charge in [-0.1, -0.05) is 61.0 Å². The fourth-order valence-electron chi connectivity index (χ4n) is 2.16. The van der Waals surface area contributed by atoms with Gasteiger partial charge in [-0.2, -0.15) is 0 Å². The molecule has 0 saturated heterocycles. The van der Waals surface area contributed by atoms with Crippen molar-refractivity contribution in [3.05, 3.63) is 64.1 Å². The highest BCUT2D eigenvalue weighted by molar-refractivity contribution is 9.10. The van der Waals surface area contributed by atoms with Gasteiger partial charge in [0.1, 0.15) is 5.75 Å². The van der Waals surface area contributed by atoms with Crippen LogP contribution in [0.25, 0.3) is 0 Å². The second-order valence-corrected chi connectivity index (χ2v) is 7.40. The summed E-state index contributed by atoms with van der Waals surface area (Å²) in [7, 11) is 0. The zero-order valence-electron chi connectivity index (χ0n) is 14.4. The summed E-state index contributed by atoms with van der Waals surface area (Å²) in [5.41, 5.74) is 6.24. The molecule has 0 aliphatic rings. The Morgan fingerprint density at radius 3 is 2.32 bits per heavy atom. The number of hydrazine groups is 1. The van der Waals surface area contributed by atoms with E-state index in [4.69, 9.17) is 4.74 Å². The second kappa shape index (κ2) is 8.16. The molecule has 2 rings (SSSR count). The Kier molecular flexibility index (Phi) is 6.20. The lowest BCUT2D eigenvalue weighted by molar-refractivity contribution is -0.123.